The van der Waals surface area contributed by atoms with E-state index in [4.69, 9.17) is 37.7 Å². The predicted molar refractivity (Wildman–Crippen MR) is 196 cm³/mol. The maximum Gasteiger partial charge on any atom is 0.410 e. The Bertz CT molecular complexity index is 1970. The van der Waals surface area contributed by atoms with Gasteiger partial charge in [0.05, 0.1) is 46.9 Å². The molecule has 2 aliphatic heterocycles. The Balaban J connectivity index is 1.25. The summed E-state index contributed by atoms with van der Waals surface area (Å²) in [6.07, 6.45) is 3.22. The van der Waals surface area contributed by atoms with Crippen LogP contribution in [0.25, 0.3) is 22.5 Å². The molecule has 0 saturated carbocycles. The summed E-state index contributed by atoms with van der Waals surface area (Å²) in [4.78, 5) is 42.0. The number of halogens is 3. The van der Waals surface area contributed by atoms with Crippen LogP contribution < -0.4 is 15.4 Å². The van der Waals surface area contributed by atoms with Gasteiger partial charge in [0.2, 0.25) is 11.8 Å². The lowest BCUT2D eigenvalue weighted by molar-refractivity contribution is -0.119. The van der Waals surface area contributed by atoms with E-state index < -0.39 is 17.5 Å². The first-order valence-corrected chi connectivity index (χ1v) is 17.6. The first-order valence-electron chi connectivity index (χ1n) is 16.9. The van der Waals surface area contributed by atoms with E-state index in [-0.39, 0.29) is 52.9 Å². The molecule has 2 saturated heterocycles. The van der Waals surface area contributed by atoms with Crippen molar-refractivity contribution in [2.24, 2.45) is 0 Å². The Morgan fingerprint density at radius 2 is 1.85 bits per heavy atom. The van der Waals surface area contributed by atoms with E-state index in [1.54, 1.807) is 69.4 Å². The number of aliphatic hydroxyl groups is 1. The van der Waals surface area contributed by atoms with Crippen molar-refractivity contribution in [1.82, 2.24) is 30.1 Å². The zero-order valence-corrected chi connectivity index (χ0v) is 30.8. The lowest BCUT2D eigenvalue weighted by atomic mass is 10.0. The lowest BCUT2D eigenvalue weighted by Gasteiger charge is -2.35. The second-order valence-corrected chi connectivity index (χ2v) is 14.6. The Labute approximate surface area is 311 Å². The quantitative estimate of drug-likeness (QED) is 0.154. The molecule has 12 nitrogen and oxygen atoms in total. The van der Waals surface area contributed by atoms with Crippen LogP contribution in [-0.4, -0.2) is 86.3 Å². The highest BCUT2D eigenvalue weighted by Crippen LogP contribution is 2.41. The third-order valence-electron chi connectivity index (χ3n) is 8.64. The SMILES string of the molecule is COc1nc(-c2ccnc(-c3cccc(Nc4nccc(CN5CC(O)C5)c4F)c3Cl)c2Cl)ccc1CN(C[C@@H]1CCC(=O)N1)C(=O)OC(C)(C)C. The number of carbonyl (C=O) groups is 2. The molecule has 1 aromatic carbocycles. The molecule has 6 rings (SSSR count). The fourth-order valence-electron chi connectivity index (χ4n) is 6.11. The number of aliphatic hydroxyl groups excluding tert-OH is 1. The van der Waals surface area contributed by atoms with E-state index in [0.29, 0.717) is 71.8 Å². The van der Waals surface area contributed by atoms with Gasteiger partial charge in [0, 0.05) is 73.3 Å². The van der Waals surface area contributed by atoms with Gasteiger partial charge in [-0.1, -0.05) is 35.3 Å². The molecular weight excluding hydrogens is 712 g/mol. The van der Waals surface area contributed by atoms with Gasteiger partial charge in [0.25, 0.3) is 0 Å². The maximum atomic E-state index is 15.5. The molecule has 274 valence electrons. The van der Waals surface area contributed by atoms with Gasteiger partial charge in [-0.3, -0.25) is 14.7 Å². The Morgan fingerprint density at radius 3 is 2.54 bits per heavy atom. The van der Waals surface area contributed by atoms with E-state index >= 15 is 4.39 Å². The largest absolute Gasteiger partial charge is 0.481 e. The lowest BCUT2D eigenvalue weighted by Crippen LogP contribution is -2.49. The molecule has 0 bridgehead atoms. The van der Waals surface area contributed by atoms with E-state index in [2.05, 4.69) is 20.6 Å². The zero-order valence-electron chi connectivity index (χ0n) is 29.3. The monoisotopic (exact) mass is 751 g/mol. The number of hydrogen-bond acceptors (Lipinski definition) is 10. The number of hydrogen-bond donors (Lipinski definition) is 3. The minimum Gasteiger partial charge on any atom is -0.481 e. The minimum atomic E-state index is -0.716. The number of anilines is 2. The molecule has 0 aliphatic carbocycles. The van der Waals surface area contributed by atoms with E-state index in [1.807, 2.05) is 4.90 Å². The van der Waals surface area contributed by atoms with Crippen LogP contribution in [0.2, 0.25) is 10.0 Å². The minimum absolute atomic E-state index is 0.0139. The van der Waals surface area contributed by atoms with Crippen LogP contribution in [0.1, 0.15) is 44.7 Å². The topological polar surface area (TPSA) is 142 Å². The van der Waals surface area contributed by atoms with Crippen LogP contribution >= 0.6 is 23.2 Å². The molecule has 2 fully saturated rings. The number of amides is 2. The van der Waals surface area contributed by atoms with Crippen molar-refractivity contribution < 1.29 is 28.6 Å². The fraction of sp³-hybridized carbons (Fsp3) is 0.378. The van der Waals surface area contributed by atoms with Crippen LogP contribution in [-0.2, 0) is 22.6 Å². The van der Waals surface area contributed by atoms with Gasteiger partial charge in [0.15, 0.2) is 11.6 Å². The van der Waals surface area contributed by atoms with Gasteiger partial charge in [-0.15, -0.1) is 0 Å². The summed E-state index contributed by atoms with van der Waals surface area (Å²) in [6.45, 7) is 7.11. The molecule has 2 aliphatic rings. The average molecular weight is 753 g/mol. The summed E-state index contributed by atoms with van der Waals surface area (Å²) < 4.78 is 26.8. The van der Waals surface area contributed by atoms with E-state index in [9.17, 15) is 14.7 Å². The Morgan fingerprint density at radius 1 is 1.08 bits per heavy atom. The summed E-state index contributed by atoms with van der Waals surface area (Å²) in [5.41, 5.74) is 2.69. The van der Waals surface area contributed by atoms with Crippen molar-refractivity contribution in [3.63, 3.8) is 0 Å². The summed E-state index contributed by atoms with van der Waals surface area (Å²) >= 11 is 13.9. The molecule has 0 unspecified atom stereocenters. The standard InChI is InChI=1S/C37H40Cl2FN7O5/c1-37(2,3)52-36(50)47(18-23-9-11-29(49)43-23)17-22-8-10-27(45-35(22)51-4)25-13-15-41-33(31(25)39)26-6-5-7-28(30(26)38)44-34-32(40)21(12-14-42-34)16-46-19-24(48)20-46/h5-8,10,12-15,23-24,48H,9,11,16-20H2,1-4H3,(H,42,44)(H,43,49)/t23-/m0/s1. The highest BCUT2D eigenvalue weighted by molar-refractivity contribution is 6.39. The van der Waals surface area contributed by atoms with Gasteiger partial charge >= 0.3 is 6.09 Å². The second-order valence-electron chi connectivity index (χ2n) is 13.8. The molecule has 3 aromatic heterocycles. The van der Waals surface area contributed by atoms with Crippen LogP contribution in [0.5, 0.6) is 5.88 Å². The van der Waals surface area contributed by atoms with Gasteiger partial charge in [-0.05, 0) is 57.5 Å². The molecule has 5 heterocycles. The number of carbonyl (C=O) groups excluding carboxylic acids is 2. The number of methoxy groups -OCH3 is 1. The van der Waals surface area contributed by atoms with Crippen molar-refractivity contribution in [1.29, 1.82) is 0 Å². The molecule has 15 heteroatoms. The zero-order chi connectivity index (χ0) is 37.2. The predicted octanol–water partition coefficient (Wildman–Crippen LogP) is 6.60. The summed E-state index contributed by atoms with van der Waals surface area (Å²) in [7, 11) is 1.49. The van der Waals surface area contributed by atoms with Crippen molar-refractivity contribution in [2.75, 3.05) is 32.1 Å². The van der Waals surface area contributed by atoms with E-state index in [1.165, 1.54) is 18.2 Å². The maximum absolute atomic E-state index is 15.5. The van der Waals surface area contributed by atoms with Crippen LogP contribution in [0.3, 0.4) is 0 Å². The van der Waals surface area contributed by atoms with Gasteiger partial charge in [-0.2, -0.15) is 0 Å². The van der Waals surface area contributed by atoms with Crippen LogP contribution in [0, 0.1) is 5.82 Å². The number of aromatic nitrogens is 3. The number of nitrogens with zero attached hydrogens (tertiary/aromatic N) is 5. The average Bonchev–Trinajstić information content (AvgIpc) is 3.50. The van der Waals surface area contributed by atoms with Crippen LogP contribution in [0.15, 0.2) is 54.9 Å². The molecule has 1 atom stereocenters. The third kappa shape index (κ3) is 8.55. The molecular formula is C37H40Cl2FN7O5. The highest BCUT2D eigenvalue weighted by Gasteiger charge is 2.30. The summed E-state index contributed by atoms with van der Waals surface area (Å²) in [5.74, 6) is -0.263. The Hall–Kier alpha value is -4.56. The van der Waals surface area contributed by atoms with E-state index in [0.717, 1.165) is 0 Å². The normalized spacial score (nSPS) is 16.3. The first-order chi connectivity index (χ1) is 24.8. The molecule has 0 spiro atoms. The Kier molecular flexibility index (Phi) is 11.2. The van der Waals surface area contributed by atoms with Gasteiger partial charge < -0.3 is 30.1 Å². The number of β-amino-alcohol motifs (C(OH)–C–C–N with tert-alkyl or cyclic N) is 1. The second kappa shape index (κ2) is 15.6. The summed E-state index contributed by atoms with van der Waals surface area (Å²) in [5, 5.41) is 16.1. The highest BCUT2D eigenvalue weighted by atomic mass is 35.5. The molecule has 0 radical (unpaired) electrons. The first kappa shape index (κ1) is 37.2. The number of ether oxygens (including phenoxy) is 2. The molecule has 3 N–H and O–H groups in total. The molecule has 4 aromatic rings. The van der Waals surface area contributed by atoms with Crippen molar-refractivity contribution in [2.45, 2.75) is 64.4 Å². The number of nitrogens with one attached hydrogen (secondary N) is 2. The number of benzene rings is 1. The fourth-order valence-corrected chi connectivity index (χ4v) is 6.68. The van der Waals surface area contributed by atoms with Gasteiger partial charge in [0.1, 0.15) is 5.60 Å². The van der Waals surface area contributed by atoms with Crippen LogP contribution in [0.4, 0.5) is 20.7 Å². The smallest absolute Gasteiger partial charge is 0.410 e. The van der Waals surface area contributed by atoms with Gasteiger partial charge in [-0.25, -0.2) is 19.2 Å². The molecule has 52 heavy (non-hydrogen) atoms. The third-order valence-corrected chi connectivity index (χ3v) is 9.43. The van der Waals surface area contributed by atoms with Crippen molar-refractivity contribution in [3.8, 4) is 28.4 Å². The van der Waals surface area contributed by atoms with Crippen molar-refractivity contribution >= 4 is 46.7 Å². The number of pyridine rings is 3. The number of rotatable bonds is 11. The molecule has 2 amide bonds. The van der Waals surface area contributed by atoms with Crippen molar-refractivity contribution in [3.05, 3.63) is 81.8 Å². The summed E-state index contributed by atoms with van der Waals surface area (Å²) in [6, 6.07) is 11.9. The number of likely N-dealkylation sites (tertiary alicyclic amines) is 1.